The molecule has 0 aliphatic heterocycles. The normalized spacial score (nSPS) is 12.0. The minimum Gasteiger partial charge on any atom is -0.341 e. The molecule has 2 amide bonds. The van der Waals surface area contributed by atoms with Crippen LogP contribution in [0.5, 0.6) is 0 Å². The first kappa shape index (κ1) is 19.0. The van der Waals surface area contributed by atoms with Gasteiger partial charge in [-0.1, -0.05) is 34.1 Å². The fourth-order valence-electron chi connectivity index (χ4n) is 2.65. The van der Waals surface area contributed by atoms with Gasteiger partial charge in [0.15, 0.2) is 0 Å². The Hall–Kier alpha value is -2.74. The Kier molecular flexibility index (Phi) is 5.85. The lowest BCUT2D eigenvalue weighted by molar-refractivity contribution is -0.117. The van der Waals surface area contributed by atoms with Gasteiger partial charge in [-0.05, 0) is 49.7 Å². The summed E-state index contributed by atoms with van der Waals surface area (Å²) >= 11 is 3.36. The molecule has 7 nitrogen and oxygen atoms in total. The number of aromatic nitrogens is 3. The highest BCUT2D eigenvalue weighted by atomic mass is 79.9. The number of halogens is 1. The second-order valence-electron chi connectivity index (χ2n) is 6.21. The fourth-order valence-corrected chi connectivity index (χ4v) is 3.05. The van der Waals surface area contributed by atoms with E-state index in [1.54, 1.807) is 31.2 Å². The molecule has 1 heterocycles. The van der Waals surface area contributed by atoms with Crippen LogP contribution in [0, 0.1) is 0 Å². The van der Waals surface area contributed by atoms with Crippen LogP contribution in [0.15, 0.2) is 46.9 Å². The Labute approximate surface area is 165 Å². The summed E-state index contributed by atoms with van der Waals surface area (Å²) in [7, 11) is 0. The molecule has 0 unspecified atom stereocenters. The molecular formula is C19H20BrN5O2. The van der Waals surface area contributed by atoms with Crippen LogP contribution < -0.4 is 10.6 Å². The molecule has 0 aliphatic carbocycles. The maximum absolute atomic E-state index is 12.5. The fraction of sp³-hybridized carbons (Fsp3) is 0.263. The number of carbonyl (C=O) groups excluding carboxylic acids is 2. The highest BCUT2D eigenvalue weighted by Crippen LogP contribution is 2.16. The molecule has 2 N–H and O–H groups in total. The molecule has 1 aromatic heterocycles. The highest BCUT2D eigenvalue weighted by Gasteiger charge is 2.18. The molecule has 3 aromatic rings. The van der Waals surface area contributed by atoms with Crippen LogP contribution in [0.1, 0.15) is 30.6 Å². The first-order chi connectivity index (χ1) is 13.0. The van der Waals surface area contributed by atoms with Gasteiger partial charge in [0.25, 0.3) is 5.91 Å². The maximum atomic E-state index is 12.5. The van der Waals surface area contributed by atoms with Gasteiger partial charge in [-0.3, -0.25) is 9.59 Å². The molecule has 0 spiro atoms. The van der Waals surface area contributed by atoms with Crippen molar-refractivity contribution < 1.29 is 9.59 Å². The van der Waals surface area contributed by atoms with E-state index in [2.05, 4.69) is 43.8 Å². The van der Waals surface area contributed by atoms with Gasteiger partial charge in [0.1, 0.15) is 11.6 Å². The average Bonchev–Trinajstić information content (AvgIpc) is 3.04. The van der Waals surface area contributed by atoms with E-state index in [0.717, 1.165) is 23.0 Å². The summed E-state index contributed by atoms with van der Waals surface area (Å²) in [4.78, 5) is 24.8. The van der Waals surface area contributed by atoms with Gasteiger partial charge in [0.2, 0.25) is 5.91 Å². The minimum absolute atomic E-state index is 0.295. The Bertz CT molecular complexity index is 985. The quantitative estimate of drug-likeness (QED) is 0.628. The molecule has 0 bridgehead atoms. The number of amides is 2. The third kappa shape index (κ3) is 4.51. The number of fused-ring (bicyclic) bond motifs is 1. The summed E-state index contributed by atoms with van der Waals surface area (Å²) in [5.41, 5.74) is 2.63. The topological polar surface area (TPSA) is 88.9 Å². The van der Waals surface area contributed by atoms with Gasteiger partial charge in [-0.2, -0.15) is 0 Å². The van der Waals surface area contributed by atoms with Crippen LogP contribution in [0.25, 0.3) is 11.0 Å². The zero-order chi connectivity index (χ0) is 19.4. The Morgan fingerprint density at radius 1 is 1.22 bits per heavy atom. The van der Waals surface area contributed by atoms with E-state index in [1.807, 2.05) is 22.9 Å². The predicted molar refractivity (Wildman–Crippen MR) is 108 cm³/mol. The van der Waals surface area contributed by atoms with E-state index in [-0.39, 0.29) is 11.8 Å². The Morgan fingerprint density at radius 3 is 2.78 bits per heavy atom. The van der Waals surface area contributed by atoms with Crippen LogP contribution in [-0.4, -0.2) is 32.9 Å². The lowest BCUT2D eigenvalue weighted by Crippen LogP contribution is -2.41. The monoisotopic (exact) mass is 429 g/mol. The average molecular weight is 430 g/mol. The zero-order valence-electron chi connectivity index (χ0n) is 15.1. The molecule has 0 saturated carbocycles. The number of hydrogen-bond donors (Lipinski definition) is 2. The predicted octanol–water partition coefficient (Wildman–Crippen LogP) is 3.36. The Morgan fingerprint density at radius 2 is 2.04 bits per heavy atom. The second-order valence-corrected chi connectivity index (χ2v) is 7.13. The van der Waals surface area contributed by atoms with Crippen molar-refractivity contribution in [2.45, 2.75) is 32.9 Å². The summed E-state index contributed by atoms with van der Waals surface area (Å²) in [5, 5.41) is 13.7. The van der Waals surface area contributed by atoms with Gasteiger partial charge < -0.3 is 10.6 Å². The van der Waals surface area contributed by atoms with Crippen molar-refractivity contribution >= 4 is 44.5 Å². The van der Waals surface area contributed by atoms with Crippen molar-refractivity contribution in [2.24, 2.45) is 0 Å². The smallest absolute Gasteiger partial charge is 0.251 e. The molecule has 0 saturated heterocycles. The SMILES string of the molecule is CCCn1nnc2cc(C(=O)N[C@@H](C)C(=O)Nc3cccc(Br)c3)ccc21. The van der Waals surface area contributed by atoms with Crippen molar-refractivity contribution in [1.82, 2.24) is 20.3 Å². The van der Waals surface area contributed by atoms with Gasteiger partial charge in [-0.15, -0.1) is 5.10 Å². The first-order valence-corrected chi connectivity index (χ1v) is 9.47. The third-order valence-electron chi connectivity index (χ3n) is 4.04. The third-order valence-corrected chi connectivity index (χ3v) is 4.54. The van der Waals surface area contributed by atoms with E-state index in [1.165, 1.54) is 0 Å². The van der Waals surface area contributed by atoms with Crippen molar-refractivity contribution in [2.75, 3.05) is 5.32 Å². The van der Waals surface area contributed by atoms with E-state index >= 15 is 0 Å². The number of hydrogen-bond acceptors (Lipinski definition) is 4. The lowest BCUT2D eigenvalue weighted by atomic mass is 10.1. The van der Waals surface area contributed by atoms with Gasteiger partial charge >= 0.3 is 0 Å². The summed E-state index contributed by atoms with van der Waals surface area (Å²) in [6.45, 7) is 4.48. The molecule has 27 heavy (non-hydrogen) atoms. The molecule has 2 aromatic carbocycles. The van der Waals surface area contributed by atoms with Crippen LogP contribution in [0.4, 0.5) is 5.69 Å². The summed E-state index contributed by atoms with van der Waals surface area (Å²) < 4.78 is 2.67. The van der Waals surface area contributed by atoms with E-state index in [9.17, 15) is 9.59 Å². The summed E-state index contributed by atoms with van der Waals surface area (Å²) in [5.74, 6) is -0.629. The van der Waals surface area contributed by atoms with Crippen LogP contribution in [0.2, 0.25) is 0 Å². The number of rotatable bonds is 6. The summed E-state index contributed by atoms with van der Waals surface area (Å²) in [6.07, 6.45) is 0.950. The van der Waals surface area contributed by atoms with Crippen LogP contribution in [0.3, 0.4) is 0 Å². The lowest BCUT2D eigenvalue weighted by Gasteiger charge is -2.14. The maximum Gasteiger partial charge on any atom is 0.251 e. The number of aryl methyl sites for hydroxylation is 1. The number of benzene rings is 2. The Balaban J connectivity index is 1.67. The number of carbonyl (C=O) groups is 2. The largest absolute Gasteiger partial charge is 0.341 e. The van der Waals surface area contributed by atoms with Gasteiger partial charge in [0.05, 0.1) is 5.52 Å². The molecule has 0 fully saturated rings. The number of nitrogens with zero attached hydrogens (tertiary/aromatic N) is 3. The highest BCUT2D eigenvalue weighted by molar-refractivity contribution is 9.10. The summed E-state index contributed by atoms with van der Waals surface area (Å²) in [6, 6.07) is 11.8. The first-order valence-electron chi connectivity index (χ1n) is 8.68. The van der Waals surface area contributed by atoms with Crippen LogP contribution in [-0.2, 0) is 11.3 Å². The van der Waals surface area contributed by atoms with E-state index in [0.29, 0.717) is 16.8 Å². The second kappa shape index (κ2) is 8.30. The number of anilines is 1. The molecule has 0 radical (unpaired) electrons. The van der Waals surface area contributed by atoms with Crippen molar-refractivity contribution in [3.8, 4) is 0 Å². The van der Waals surface area contributed by atoms with Gasteiger partial charge in [0, 0.05) is 22.3 Å². The molecule has 140 valence electrons. The van der Waals surface area contributed by atoms with Crippen molar-refractivity contribution in [3.05, 3.63) is 52.5 Å². The molecule has 1 atom stereocenters. The zero-order valence-corrected chi connectivity index (χ0v) is 16.7. The van der Waals surface area contributed by atoms with Crippen molar-refractivity contribution in [3.63, 3.8) is 0 Å². The molecular weight excluding hydrogens is 410 g/mol. The molecule has 3 rings (SSSR count). The van der Waals surface area contributed by atoms with Crippen LogP contribution >= 0.6 is 15.9 Å². The standard InChI is InChI=1S/C19H20BrN5O2/c1-3-9-25-17-8-7-13(10-16(17)23-24-25)19(27)21-12(2)18(26)22-15-6-4-5-14(20)11-15/h4-8,10-12H,3,9H2,1-2H3,(H,21,27)(H,22,26)/t12-/m0/s1. The molecule has 8 heteroatoms. The minimum atomic E-state index is -0.692. The van der Waals surface area contributed by atoms with Gasteiger partial charge in [-0.25, -0.2) is 4.68 Å². The number of nitrogens with one attached hydrogen (secondary N) is 2. The molecule has 0 aliphatic rings. The van der Waals surface area contributed by atoms with E-state index in [4.69, 9.17) is 0 Å². The van der Waals surface area contributed by atoms with Crippen molar-refractivity contribution in [1.29, 1.82) is 0 Å². The van der Waals surface area contributed by atoms with E-state index < -0.39 is 6.04 Å².